The van der Waals surface area contributed by atoms with Gasteiger partial charge in [0.15, 0.2) is 2.14 Å². The molecule has 0 saturated heterocycles. The zero-order valence-corrected chi connectivity index (χ0v) is 17.1. The van der Waals surface area contributed by atoms with Gasteiger partial charge in [-0.15, -0.1) is 0 Å². The summed E-state index contributed by atoms with van der Waals surface area (Å²) in [7, 11) is 0. The van der Waals surface area contributed by atoms with Crippen LogP contribution in [0.15, 0.2) is 24.3 Å². The number of carbonyl (C=O) groups is 1. The third kappa shape index (κ3) is 2.78. The number of rotatable bonds is 1. The molecule has 3 rings (SSSR count). The lowest BCUT2D eigenvalue weighted by Gasteiger charge is -2.41. The number of benzene rings is 1. The fraction of sp³-hybridized carbons (Fsp3) is 0.438. The van der Waals surface area contributed by atoms with Crippen molar-refractivity contribution in [1.29, 1.82) is 0 Å². The summed E-state index contributed by atoms with van der Waals surface area (Å²) in [4.78, 5) is 18.1. The van der Waals surface area contributed by atoms with E-state index in [0.717, 1.165) is 24.2 Å². The van der Waals surface area contributed by atoms with Crippen molar-refractivity contribution in [3.63, 3.8) is 0 Å². The van der Waals surface area contributed by atoms with Crippen molar-refractivity contribution >= 4 is 64.6 Å². The summed E-state index contributed by atoms with van der Waals surface area (Å²) >= 11 is 10.9. The van der Waals surface area contributed by atoms with Crippen molar-refractivity contribution in [3.05, 3.63) is 35.5 Å². The SMILES string of the molecule is CC(C)C(=O)N1CCc2c([nH]c3ccccc23)C1C(Br)(Br)Br. The van der Waals surface area contributed by atoms with Crippen LogP contribution in [-0.4, -0.2) is 24.5 Å². The van der Waals surface area contributed by atoms with Crippen molar-refractivity contribution in [2.75, 3.05) is 6.54 Å². The van der Waals surface area contributed by atoms with Crippen molar-refractivity contribution in [2.24, 2.45) is 5.92 Å². The minimum absolute atomic E-state index is 0.0247. The van der Waals surface area contributed by atoms with E-state index < -0.39 is 2.14 Å². The first-order valence-electron chi connectivity index (χ1n) is 7.27. The number of carbonyl (C=O) groups excluding carboxylic acids is 1. The number of nitrogens with one attached hydrogen (secondary N) is 1. The van der Waals surface area contributed by atoms with Gasteiger partial charge in [-0.1, -0.05) is 79.8 Å². The van der Waals surface area contributed by atoms with Gasteiger partial charge in [-0.3, -0.25) is 4.79 Å². The molecule has 1 aromatic heterocycles. The van der Waals surface area contributed by atoms with Crippen LogP contribution in [0.5, 0.6) is 0 Å². The Bertz CT molecular complexity index is 718. The second-order valence-electron chi connectivity index (χ2n) is 5.94. The minimum atomic E-state index is -0.562. The molecule has 118 valence electrons. The van der Waals surface area contributed by atoms with Crippen LogP contribution in [-0.2, 0) is 11.2 Å². The molecule has 0 fully saturated rings. The van der Waals surface area contributed by atoms with E-state index in [2.05, 4.69) is 71.0 Å². The second-order valence-corrected chi connectivity index (χ2v) is 12.9. The first-order valence-corrected chi connectivity index (χ1v) is 9.65. The Morgan fingerprint density at radius 2 is 2.00 bits per heavy atom. The lowest BCUT2D eigenvalue weighted by Crippen LogP contribution is -2.46. The van der Waals surface area contributed by atoms with Crippen molar-refractivity contribution in [3.8, 4) is 0 Å². The van der Waals surface area contributed by atoms with E-state index in [-0.39, 0.29) is 17.9 Å². The Hall–Kier alpha value is -0.330. The lowest BCUT2D eigenvalue weighted by atomic mass is 9.97. The maximum atomic E-state index is 12.6. The number of para-hydroxylation sites is 1. The molecular formula is C16H17Br3N2O. The second kappa shape index (κ2) is 5.95. The highest BCUT2D eigenvalue weighted by molar-refractivity contribution is 9.39. The molecule has 22 heavy (non-hydrogen) atoms. The van der Waals surface area contributed by atoms with E-state index in [1.165, 1.54) is 10.9 Å². The Labute approximate surface area is 155 Å². The number of aromatic amines is 1. The van der Waals surface area contributed by atoms with Gasteiger partial charge in [-0.2, -0.15) is 0 Å². The van der Waals surface area contributed by atoms with E-state index in [4.69, 9.17) is 0 Å². The quantitative estimate of drug-likeness (QED) is 0.553. The molecule has 1 N–H and O–H groups in total. The highest BCUT2D eigenvalue weighted by Crippen LogP contribution is 2.51. The first kappa shape index (κ1) is 16.5. The fourth-order valence-corrected chi connectivity index (χ4v) is 4.58. The molecule has 0 bridgehead atoms. The lowest BCUT2D eigenvalue weighted by molar-refractivity contribution is -0.137. The molecule has 0 radical (unpaired) electrons. The van der Waals surface area contributed by atoms with E-state index in [9.17, 15) is 4.79 Å². The summed E-state index contributed by atoms with van der Waals surface area (Å²) in [6.07, 6.45) is 0.872. The molecule has 0 aliphatic carbocycles. The van der Waals surface area contributed by atoms with Gasteiger partial charge in [0.25, 0.3) is 0 Å². The summed E-state index contributed by atoms with van der Waals surface area (Å²) < 4.78 is -0.562. The third-order valence-corrected chi connectivity index (χ3v) is 5.42. The standard InChI is InChI=1S/C16H17Br3N2O/c1-9(2)15(22)21-8-7-11-10-5-3-4-6-12(10)20-13(11)14(21)16(17,18)19/h3-6,9,14,20H,7-8H2,1-2H3. The molecule has 1 atom stereocenters. The highest BCUT2D eigenvalue weighted by atomic mass is 80.0. The van der Waals surface area contributed by atoms with Crippen molar-refractivity contribution in [2.45, 2.75) is 28.5 Å². The summed E-state index contributed by atoms with van der Waals surface area (Å²) in [5.74, 6) is 0.139. The average molecular weight is 493 g/mol. The predicted octanol–water partition coefficient (Wildman–Crippen LogP) is 5.09. The molecule has 1 aliphatic heterocycles. The number of fused-ring (bicyclic) bond motifs is 3. The largest absolute Gasteiger partial charge is 0.356 e. The van der Waals surface area contributed by atoms with Crippen molar-refractivity contribution < 1.29 is 4.79 Å². The molecular weight excluding hydrogens is 476 g/mol. The van der Waals surface area contributed by atoms with E-state index in [1.807, 2.05) is 24.8 Å². The number of halogens is 3. The number of alkyl halides is 3. The fourth-order valence-electron chi connectivity index (χ4n) is 3.15. The monoisotopic (exact) mass is 490 g/mol. The minimum Gasteiger partial charge on any atom is -0.356 e. The smallest absolute Gasteiger partial charge is 0.225 e. The maximum Gasteiger partial charge on any atom is 0.225 e. The van der Waals surface area contributed by atoms with Crippen LogP contribution in [0.4, 0.5) is 0 Å². The van der Waals surface area contributed by atoms with Crippen molar-refractivity contribution in [1.82, 2.24) is 9.88 Å². The van der Waals surface area contributed by atoms with Gasteiger partial charge in [0, 0.05) is 29.1 Å². The first-order chi connectivity index (χ1) is 10.3. The number of amides is 1. The van der Waals surface area contributed by atoms with Crippen LogP contribution in [0.1, 0.15) is 31.1 Å². The maximum absolute atomic E-state index is 12.6. The summed E-state index contributed by atoms with van der Waals surface area (Å²) in [6, 6.07) is 8.16. The van der Waals surface area contributed by atoms with Gasteiger partial charge in [0.2, 0.25) is 5.91 Å². The number of aromatic nitrogens is 1. The molecule has 0 saturated carbocycles. The molecule has 0 spiro atoms. The van der Waals surface area contributed by atoms with Crippen LogP contribution in [0.2, 0.25) is 0 Å². The summed E-state index contributed by atoms with van der Waals surface area (Å²) in [5, 5.41) is 1.25. The Morgan fingerprint density at radius 3 is 2.64 bits per heavy atom. The predicted molar refractivity (Wildman–Crippen MR) is 101 cm³/mol. The van der Waals surface area contributed by atoms with Crippen LogP contribution in [0.25, 0.3) is 10.9 Å². The van der Waals surface area contributed by atoms with Gasteiger partial charge in [-0.25, -0.2) is 0 Å². The molecule has 1 amide bonds. The van der Waals surface area contributed by atoms with E-state index >= 15 is 0 Å². The normalized spacial score (nSPS) is 18.8. The molecule has 1 unspecified atom stereocenters. The van der Waals surface area contributed by atoms with Gasteiger partial charge in [-0.05, 0) is 18.1 Å². The zero-order valence-electron chi connectivity index (χ0n) is 12.4. The average Bonchev–Trinajstić information content (AvgIpc) is 2.82. The highest BCUT2D eigenvalue weighted by Gasteiger charge is 2.44. The Morgan fingerprint density at radius 1 is 1.32 bits per heavy atom. The summed E-state index contributed by atoms with van der Waals surface area (Å²) in [5.41, 5.74) is 3.51. The number of H-pyrrole nitrogens is 1. The van der Waals surface area contributed by atoms with Gasteiger partial charge < -0.3 is 9.88 Å². The molecule has 2 heterocycles. The zero-order chi connectivity index (χ0) is 16.1. The molecule has 2 aromatic rings. The molecule has 1 aromatic carbocycles. The van der Waals surface area contributed by atoms with E-state index in [1.54, 1.807) is 0 Å². The molecule has 6 heteroatoms. The third-order valence-electron chi connectivity index (χ3n) is 4.12. The number of hydrogen-bond donors (Lipinski definition) is 1. The van der Waals surface area contributed by atoms with Crippen LogP contribution in [0, 0.1) is 5.92 Å². The van der Waals surface area contributed by atoms with Gasteiger partial charge in [0.1, 0.15) is 6.04 Å². The van der Waals surface area contributed by atoms with Crippen LogP contribution < -0.4 is 0 Å². The van der Waals surface area contributed by atoms with Gasteiger partial charge >= 0.3 is 0 Å². The van der Waals surface area contributed by atoms with Gasteiger partial charge in [0.05, 0.1) is 0 Å². The Kier molecular flexibility index (Phi) is 4.47. The molecule has 1 aliphatic rings. The van der Waals surface area contributed by atoms with Crippen LogP contribution >= 0.6 is 47.8 Å². The topological polar surface area (TPSA) is 36.1 Å². The van der Waals surface area contributed by atoms with Crippen LogP contribution in [0.3, 0.4) is 0 Å². The molecule has 3 nitrogen and oxygen atoms in total. The number of nitrogens with zero attached hydrogens (tertiary/aromatic N) is 1. The number of hydrogen-bond acceptors (Lipinski definition) is 1. The Balaban J connectivity index is 2.16. The summed E-state index contributed by atoms with van der Waals surface area (Å²) in [6.45, 7) is 4.61. The van der Waals surface area contributed by atoms with E-state index in [0.29, 0.717) is 0 Å².